The summed E-state index contributed by atoms with van der Waals surface area (Å²) in [5, 5.41) is 9.20. The van der Waals surface area contributed by atoms with Crippen LogP contribution in [0.15, 0.2) is 48.7 Å². The molecule has 0 aliphatic carbocycles. The SMILES string of the molecule is CCCCN(c1ccccc1)c1cccnc1C#N. The van der Waals surface area contributed by atoms with Crippen molar-refractivity contribution in [2.75, 3.05) is 11.4 Å². The second kappa shape index (κ2) is 6.55. The van der Waals surface area contributed by atoms with E-state index in [1.54, 1.807) is 6.20 Å². The van der Waals surface area contributed by atoms with Gasteiger partial charge >= 0.3 is 0 Å². The molecular formula is C16H17N3. The highest BCUT2D eigenvalue weighted by molar-refractivity contribution is 5.67. The smallest absolute Gasteiger partial charge is 0.164 e. The third-order valence-corrected chi connectivity index (χ3v) is 2.99. The molecule has 19 heavy (non-hydrogen) atoms. The molecule has 0 unspecified atom stereocenters. The van der Waals surface area contributed by atoms with E-state index in [1.165, 1.54) is 0 Å². The maximum absolute atomic E-state index is 9.20. The number of anilines is 2. The van der Waals surface area contributed by atoms with Crippen molar-refractivity contribution >= 4 is 11.4 Å². The van der Waals surface area contributed by atoms with Crippen molar-refractivity contribution in [2.45, 2.75) is 19.8 Å². The lowest BCUT2D eigenvalue weighted by molar-refractivity contribution is 0.784. The molecule has 0 saturated carbocycles. The number of aromatic nitrogens is 1. The Morgan fingerprint density at radius 2 is 1.95 bits per heavy atom. The van der Waals surface area contributed by atoms with Crippen LogP contribution in [0.25, 0.3) is 0 Å². The summed E-state index contributed by atoms with van der Waals surface area (Å²) in [4.78, 5) is 6.31. The number of benzene rings is 1. The van der Waals surface area contributed by atoms with Crippen LogP contribution in [0.5, 0.6) is 0 Å². The Bertz CT molecular complexity index is 558. The number of rotatable bonds is 5. The van der Waals surface area contributed by atoms with Gasteiger partial charge in [-0.15, -0.1) is 0 Å². The highest BCUT2D eigenvalue weighted by Crippen LogP contribution is 2.27. The molecule has 0 amide bonds. The number of nitrogens with zero attached hydrogens (tertiary/aromatic N) is 3. The average molecular weight is 251 g/mol. The Hall–Kier alpha value is -2.34. The van der Waals surface area contributed by atoms with E-state index in [-0.39, 0.29) is 0 Å². The molecule has 0 bridgehead atoms. The zero-order chi connectivity index (χ0) is 13.5. The van der Waals surface area contributed by atoms with Gasteiger partial charge in [0.05, 0.1) is 5.69 Å². The fraction of sp³-hybridized carbons (Fsp3) is 0.250. The molecular weight excluding hydrogens is 234 g/mol. The van der Waals surface area contributed by atoms with E-state index in [0.717, 1.165) is 30.8 Å². The maximum Gasteiger partial charge on any atom is 0.164 e. The van der Waals surface area contributed by atoms with Crippen molar-refractivity contribution in [3.05, 3.63) is 54.4 Å². The van der Waals surface area contributed by atoms with Gasteiger partial charge in [-0.3, -0.25) is 0 Å². The number of pyridine rings is 1. The van der Waals surface area contributed by atoms with Crippen LogP contribution in [0, 0.1) is 11.3 Å². The molecule has 2 aromatic rings. The van der Waals surface area contributed by atoms with Crippen LogP contribution in [0.2, 0.25) is 0 Å². The summed E-state index contributed by atoms with van der Waals surface area (Å²) in [6, 6.07) is 16.1. The largest absolute Gasteiger partial charge is 0.339 e. The van der Waals surface area contributed by atoms with E-state index in [1.807, 2.05) is 30.3 Å². The van der Waals surface area contributed by atoms with Crippen LogP contribution >= 0.6 is 0 Å². The number of hydrogen-bond donors (Lipinski definition) is 0. The minimum atomic E-state index is 0.474. The first kappa shape index (κ1) is 13.1. The van der Waals surface area contributed by atoms with Gasteiger partial charge in [-0.05, 0) is 30.7 Å². The zero-order valence-electron chi connectivity index (χ0n) is 11.1. The lowest BCUT2D eigenvalue weighted by Gasteiger charge is -2.25. The quantitative estimate of drug-likeness (QED) is 0.809. The normalized spacial score (nSPS) is 9.89. The van der Waals surface area contributed by atoms with Crippen molar-refractivity contribution in [3.8, 4) is 6.07 Å². The van der Waals surface area contributed by atoms with Gasteiger partial charge in [0.25, 0.3) is 0 Å². The van der Waals surface area contributed by atoms with E-state index in [9.17, 15) is 5.26 Å². The first-order chi connectivity index (χ1) is 9.36. The van der Waals surface area contributed by atoms with Crippen LogP contribution in [-0.4, -0.2) is 11.5 Å². The first-order valence-electron chi connectivity index (χ1n) is 6.54. The van der Waals surface area contributed by atoms with E-state index in [0.29, 0.717) is 5.69 Å². The van der Waals surface area contributed by atoms with Crippen LogP contribution in [0.1, 0.15) is 25.5 Å². The van der Waals surface area contributed by atoms with Crippen molar-refractivity contribution in [1.82, 2.24) is 4.98 Å². The Balaban J connectivity index is 2.41. The second-order valence-electron chi connectivity index (χ2n) is 4.32. The Morgan fingerprint density at radius 3 is 2.63 bits per heavy atom. The van der Waals surface area contributed by atoms with E-state index in [4.69, 9.17) is 0 Å². The maximum atomic E-state index is 9.20. The Labute approximate surface area is 114 Å². The van der Waals surface area contributed by atoms with E-state index in [2.05, 4.69) is 35.0 Å². The van der Waals surface area contributed by atoms with Crippen LogP contribution in [0.4, 0.5) is 11.4 Å². The summed E-state index contributed by atoms with van der Waals surface area (Å²) >= 11 is 0. The van der Waals surface area contributed by atoms with Gasteiger partial charge in [0.15, 0.2) is 5.69 Å². The summed E-state index contributed by atoms with van der Waals surface area (Å²) in [6.07, 6.45) is 3.85. The van der Waals surface area contributed by atoms with Crippen molar-refractivity contribution in [1.29, 1.82) is 5.26 Å². The van der Waals surface area contributed by atoms with E-state index < -0.39 is 0 Å². The Morgan fingerprint density at radius 1 is 1.16 bits per heavy atom. The average Bonchev–Trinajstić information content (AvgIpc) is 2.49. The minimum Gasteiger partial charge on any atom is -0.339 e. The van der Waals surface area contributed by atoms with Crippen molar-refractivity contribution in [2.24, 2.45) is 0 Å². The van der Waals surface area contributed by atoms with E-state index >= 15 is 0 Å². The van der Waals surface area contributed by atoms with Gasteiger partial charge in [-0.1, -0.05) is 31.5 Å². The van der Waals surface area contributed by atoms with Gasteiger partial charge in [0.1, 0.15) is 6.07 Å². The lowest BCUT2D eigenvalue weighted by atomic mass is 10.2. The standard InChI is InChI=1S/C16H17N3/c1-2-3-12-19(14-8-5-4-6-9-14)16-10-7-11-18-15(16)13-17/h4-11H,2-3,12H2,1H3. The molecule has 1 heterocycles. The molecule has 0 atom stereocenters. The Kier molecular flexibility index (Phi) is 4.52. The number of hydrogen-bond acceptors (Lipinski definition) is 3. The molecule has 0 radical (unpaired) electrons. The van der Waals surface area contributed by atoms with Gasteiger partial charge < -0.3 is 4.90 Å². The van der Waals surface area contributed by atoms with Crippen LogP contribution < -0.4 is 4.90 Å². The minimum absolute atomic E-state index is 0.474. The topological polar surface area (TPSA) is 39.9 Å². The summed E-state index contributed by atoms with van der Waals surface area (Å²) in [5.41, 5.74) is 2.45. The van der Waals surface area contributed by atoms with Crippen LogP contribution in [0.3, 0.4) is 0 Å². The van der Waals surface area contributed by atoms with Gasteiger partial charge in [-0.2, -0.15) is 5.26 Å². The molecule has 2 rings (SSSR count). The highest BCUT2D eigenvalue weighted by atomic mass is 15.1. The molecule has 3 heteroatoms. The zero-order valence-corrected chi connectivity index (χ0v) is 11.1. The molecule has 0 aliphatic rings. The number of nitriles is 1. The van der Waals surface area contributed by atoms with Gasteiger partial charge in [0.2, 0.25) is 0 Å². The molecule has 1 aromatic carbocycles. The van der Waals surface area contributed by atoms with Gasteiger partial charge in [-0.25, -0.2) is 4.98 Å². The third kappa shape index (κ3) is 3.11. The molecule has 0 saturated heterocycles. The molecule has 96 valence electrons. The fourth-order valence-corrected chi connectivity index (χ4v) is 2.01. The predicted octanol–water partition coefficient (Wildman–Crippen LogP) is 3.89. The molecule has 0 aliphatic heterocycles. The fourth-order valence-electron chi connectivity index (χ4n) is 2.01. The monoisotopic (exact) mass is 251 g/mol. The number of para-hydroxylation sites is 1. The summed E-state index contributed by atoms with van der Waals surface area (Å²) in [5.74, 6) is 0. The summed E-state index contributed by atoms with van der Waals surface area (Å²) in [6.45, 7) is 3.05. The highest BCUT2D eigenvalue weighted by Gasteiger charge is 2.13. The van der Waals surface area contributed by atoms with Crippen LogP contribution in [-0.2, 0) is 0 Å². The second-order valence-corrected chi connectivity index (χ2v) is 4.32. The molecule has 0 fully saturated rings. The molecule has 0 N–H and O–H groups in total. The van der Waals surface area contributed by atoms with Crippen molar-refractivity contribution in [3.63, 3.8) is 0 Å². The summed E-state index contributed by atoms with van der Waals surface area (Å²) < 4.78 is 0. The molecule has 0 spiro atoms. The predicted molar refractivity (Wildman–Crippen MR) is 77.3 cm³/mol. The molecule has 3 nitrogen and oxygen atoms in total. The lowest BCUT2D eigenvalue weighted by Crippen LogP contribution is -2.19. The first-order valence-corrected chi connectivity index (χ1v) is 6.54. The number of unbranched alkanes of at least 4 members (excludes halogenated alkanes) is 1. The third-order valence-electron chi connectivity index (χ3n) is 2.99. The molecule has 1 aromatic heterocycles. The van der Waals surface area contributed by atoms with Gasteiger partial charge in [0, 0.05) is 18.4 Å². The van der Waals surface area contributed by atoms with Crippen molar-refractivity contribution < 1.29 is 0 Å². The summed E-state index contributed by atoms with van der Waals surface area (Å²) in [7, 11) is 0.